The Morgan fingerprint density at radius 3 is 2.54 bits per heavy atom. The summed E-state index contributed by atoms with van der Waals surface area (Å²) in [5, 5.41) is 11.7. The monoisotopic (exact) mass is 358 g/mol. The first-order valence-electron chi connectivity index (χ1n) is 8.14. The molecule has 0 heterocycles. The molecular weight excluding hydrogens is 333 g/mol. The van der Waals surface area contributed by atoms with Crippen LogP contribution in [0.5, 0.6) is 11.5 Å². The van der Waals surface area contributed by atoms with Crippen LogP contribution >= 0.6 is 7.82 Å². The van der Waals surface area contributed by atoms with Crippen LogP contribution in [-0.4, -0.2) is 24.2 Å². The summed E-state index contributed by atoms with van der Waals surface area (Å²) in [7, 11) is -4.51. The number of aromatic hydroxyl groups is 1. The first-order chi connectivity index (χ1) is 11.4. The van der Waals surface area contributed by atoms with Crippen molar-refractivity contribution in [1.82, 2.24) is 5.32 Å². The van der Waals surface area contributed by atoms with Crippen molar-refractivity contribution in [2.24, 2.45) is 0 Å². The van der Waals surface area contributed by atoms with Crippen LogP contribution in [0.3, 0.4) is 0 Å². The summed E-state index contributed by atoms with van der Waals surface area (Å²) < 4.78 is 21.0. The molecule has 1 atom stereocenters. The number of carbonyl (C=O) groups is 1. The second kappa shape index (κ2) is 11.1. The van der Waals surface area contributed by atoms with Crippen LogP contribution in [0, 0.1) is 0 Å². The van der Waals surface area contributed by atoms with Crippen LogP contribution in [0.1, 0.15) is 45.4 Å². The third-order valence-electron chi connectivity index (χ3n) is 3.23. The number of carbonyl (C=O) groups excluding carboxylic acids is 1. The highest BCUT2D eigenvalue weighted by Gasteiger charge is 2.11. The highest BCUT2D eigenvalue weighted by atomic mass is 31.2. The molecule has 0 spiro atoms. The van der Waals surface area contributed by atoms with E-state index in [2.05, 4.69) is 16.8 Å². The molecular formula is C16H25NO6P-. The second-order valence-electron chi connectivity index (χ2n) is 5.38. The van der Waals surface area contributed by atoms with Crippen LogP contribution in [0.2, 0.25) is 0 Å². The molecule has 0 aromatic heterocycles. The third-order valence-corrected chi connectivity index (χ3v) is 4.17. The van der Waals surface area contributed by atoms with E-state index in [4.69, 9.17) is 9.63 Å². The van der Waals surface area contributed by atoms with Crippen LogP contribution in [0.4, 0.5) is 0 Å². The van der Waals surface area contributed by atoms with Crippen molar-refractivity contribution in [3.8, 4) is 11.5 Å². The Hall–Kier alpha value is -1.56. The number of phenolic OH excluding ortho intramolecular Hbond substituents is 1. The molecule has 1 rings (SSSR count). The maximum Gasteiger partial charge on any atom is 0.319 e. The lowest BCUT2D eigenvalue weighted by Crippen LogP contribution is -2.27. The van der Waals surface area contributed by atoms with Crippen molar-refractivity contribution in [2.45, 2.75) is 45.4 Å². The first kappa shape index (κ1) is 20.5. The van der Waals surface area contributed by atoms with Crippen molar-refractivity contribution in [3.63, 3.8) is 0 Å². The zero-order valence-electron chi connectivity index (χ0n) is 13.9. The smallest absolute Gasteiger partial charge is 0.319 e. The molecule has 0 fully saturated rings. The maximum atomic E-state index is 11.6. The minimum atomic E-state index is -4.51. The number of unbranched alkanes of at least 4 members (excludes halogenated alkanes) is 4. The molecule has 0 aliphatic heterocycles. The van der Waals surface area contributed by atoms with Gasteiger partial charge in [-0.3, -0.25) is 9.36 Å². The van der Waals surface area contributed by atoms with Gasteiger partial charge in [0.2, 0.25) is 5.91 Å². The van der Waals surface area contributed by atoms with E-state index in [1.165, 1.54) is 30.7 Å². The number of benzene rings is 1. The number of phenols is 1. The van der Waals surface area contributed by atoms with Gasteiger partial charge in [0.25, 0.3) is 0 Å². The largest absolute Gasteiger partial charge is 0.746 e. The van der Waals surface area contributed by atoms with Gasteiger partial charge in [-0.2, -0.15) is 0 Å². The van der Waals surface area contributed by atoms with E-state index in [0.29, 0.717) is 6.42 Å². The van der Waals surface area contributed by atoms with Gasteiger partial charge in [-0.1, -0.05) is 32.6 Å². The number of phosphoric ester groups is 1. The van der Waals surface area contributed by atoms with Gasteiger partial charge in [-0.25, -0.2) is 0 Å². The fraction of sp³-hybridized carbons (Fsp3) is 0.562. The SMILES string of the molecule is CCCCCCCC(=O)NCCOP(=O)([O-])Oc1ccc(O)cc1. The Bertz CT molecular complexity index is 534. The maximum absolute atomic E-state index is 11.6. The fourth-order valence-corrected chi connectivity index (χ4v) is 2.74. The van der Waals surface area contributed by atoms with Crippen LogP contribution in [-0.2, 0) is 13.9 Å². The van der Waals surface area contributed by atoms with Crippen LogP contribution in [0.15, 0.2) is 24.3 Å². The lowest BCUT2D eigenvalue weighted by Gasteiger charge is -2.23. The highest BCUT2D eigenvalue weighted by Crippen LogP contribution is 2.39. The number of rotatable bonds is 12. The standard InChI is InChI=1S/C16H26NO6P/c1-2-3-4-5-6-7-16(19)17-12-13-22-24(20,21)23-15-10-8-14(18)9-11-15/h8-11,18H,2-7,12-13H2,1H3,(H,17,19)(H,20,21)/p-1. The van der Waals surface area contributed by atoms with Crippen molar-refractivity contribution in [3.05, 3.63) is 24.3 Å². The Balaban J connectivity index is 2.15. The molecule has 0 aliphatic rings. The molecule has 1 amide bonds. The molecule has 1 aromatic rings. The summed E-state index contributed by atoms with van der Waals surface area (Å²) >= 11 is 0. The van der Waals surface area contributed by atoms with E-state index in [9.17, 15) is 14.3 Å². The van der Waals surface area contributed by atoms with Gasteiger partial charge in [0.15, 0.2) is 0 Å². The minimum absolute atomic E-state index is 0.00130. The van der Waals surface area contributed by atoms with Crippen molar-refractivity contribution in [1.29, 1.82) is 0 Å². The number of amides is 1. The molecule has 136 valence electrons. The van der Waals surface area contributed by atoms with Gasteiger partial charge in [-0.05, 0) is 30.7 Å². The number of hydrogen-bond acceptors (Lipinski definition) is 6. The summed E-state index contributed by atoms with van der Waals surface area (Å²) in [5.74, 6) is -0.0704. The van der Waals surface area contributed by atoms with Gasteiger partial charge in [0.1, 0.15) is 11.5 Å². The summed E-state index contributed by atoms with van der Waals surface area (Å²) in [6.45, 7) is 2.03. The minimum Gasteiger partial charge on any atom is -0.746 e. The molecule has 1 aromatic carbocycles. The van der Waals surface area contributed by atoms with Gasteiger partial charge in [0, 0.05) is 13.0 Å². The number of phosphoric acid groups is 1. The van der Waals surface area contributed by atoms with E-state index >= 15 is 0 Å². The lowest BCUT2D eigenvalue weighted by molar-refractivity contribution is -0.216. The van der Waals surface area contributed by atoms with Crippen LogP contribution < -0.4 is 14.7 Å². The molecule has 0 aliphatic carbocycles. The Morgan fingerprint density at radius 1 is 1.21 bits per heavy atom. The van der Waals surface area contributed by atoms with E-state index in [0.717, 1.165) is 25.7 Å². The molecule has 7 nitrogen and oxygen atoms in total. The van der Waals surface area contributed by atoms with E-state index in [1.807, 2.05) is 0 Å². The highest BCUT2D eigenvalue weighted by molar-refractivity contribution is 7.46. The Morgan fingerprint density at radius 2 is 1.88 bits per heavy atom. The van der Waals surface area contributed by atoms with Gasteiger partial charge in [-0.15, -0.1) is 0 Å². The fourth-order valence-electron chi connectivity index (χ4n) is 1.99. The zero-order valence-corrected chi connectivity index (χ0v) is 14.8. The quantitative estimate of drug-likeness (QED) is 0.439. The number of hydrogen-bond donors (Lipinski definition) is 2. The second-order valence-corrected chi connectivity index (χ2v) is 6.71. The lowest BCUT2D eigenvalue weighted by atomic mass is 10.1. The van der Waals surface area contributed by atoms with Crippen LogP contribution in [0.25, 0.3) is 0 Å². The third kappa shape index (κ3) is 9.55. The summed E-state index contributed by atoms with van der Waals surface area (Å²) in [4.78, 5) is 23.2. The molecule has 0 radical (unpaired) electrons. The average Bonchev–Trinajstić information content (AvgIpc) is 2.53. The van der Waals surface area contributed by atoms with Crippen molar-refractivity contribution in [2.75, 3.05) is 13.2 Å². The predicted molar refractivity (Wildman–Crippen MR) is 88.7 cm³/mol. The van der Waals surface area contributed by atoms with E-state index < -0.39 is 7.82 Å². The van der Waals surface area contributed by atoms with Crippen molar-refractivity contribution < 1.29 is 28.4 Å². The Labute approximate surface area is 142 Å². The molecule has 0 saturated heterocycles. The molecule has 1 unspecified atom stereocenters. The van der Waals surface area contributed by atoms with Gasteiger partial charge < -0.3 is 24.4 Å². The zero-order chi connectivity index (χ0) is 17.8. The molecule has 24 heavy (non-hydrogen) atoms. The normalized spacial score (nSPS) is 13.2. The van der Waals surface area contributed by atoms with Crippen molar-refractivity contribution >= 4 is 13.7 Å². The van der Waals surface area contributed by atoms with E-state index in [1.54, 1.807) is 0 Å². The predicted octanol–water partition coefficient (Wildman–Crippen LogP) is 2.73. The topological polar surface area (TPSA) is 108 Å². The first-order valence-corrected chi connectivity index (χ1v) is 9.60. The molecule has 2 N–H and O–H groups in total. The summed E-state index contributed by atoms with van der Waals surface area (Å²) in [5.41, 5.74) is 0. The average molecular weight is 358 g/mol. The molecule has 0 saturated carbocycles. The Kier molecular flexibility index (Phi) is 9.45. The van der Waals surface area contributed by atoms with Gasteiger partial charge in [0.05, 0.1) is 6.61 Å². The molecule has 0 bridgehead atoms. The molecule has 8 heteroatoms. The van der Waals surface area contributed by atoms with E-state index in [-0.39, 0.29) is 30.6 Å². The summed E-state index contributed by atoms with van der Waals surface area (Å²) in [6.07, 6.45) is 5.74. The summed E-state index contributed by atoms with van der Waals surface area (Å²) in [6, 6.07) is 5.22. The number of nitrogens with one attached hydrogen (secondary N) is 1. The van der Waals surface area contributed by atoms with Gasteiger partial charge >= 0.3 is 7.82 Å².